The Kier molecular flexibility index (Phi) is 3.89. The maximum absolute atomic E-state index is 12.4. The molecule has 8 nitrogen and oxygen atoms in total. The summed E-state index contributed by atoms with van der Waals surface area (Å²) in [5.41, 5.74) is 0.147. The highest BCUT2D eigenvalue weighted by Crippen LogP contribution is 2.37. The number of anilines is 1. The van der Waals surface area contributed by atoms with Gasteiger partial charge in [0.25, 0.3) is 5.91 Å². The van der Waals surface area contributed by atoms with Gasteiger partial charge in [-0.3, -0.25) is 4.79 Å². The molecule has 1 amide bonds. The molecule has 0 saturated carbocycles. The van der Waals surface area contributed by atoms with E-state index in [1.54, 1.807) is 23.8 Å². The monoisotopic (exact) mass is 346 g/mol. The Balaban J connectivity index is 1.42. The molecule has 0 bridgehead atoms. The maximum atomic E-state index is 12.4. The largest absolute Gasteiger partial charge is 0.371 e. The van der Waals surface area contributed by atoms with Crippen LogP contribution >= 0.6 is 11.5 Å². The summed E-state index contributed by atoms with van der Waals surface area (Å²) in [6.07, 6.45) is 5.18. The molecule has 1 spiro atoms. The number of carbonyl (C=O) groups excluding carboxylic acids is 1. The average Bonchev–Trinajstić information content (AvgIpc) is 3.37. The Labute approximate surface area is 143 Å². The molecule has 4 rings (SSSR count). The first-order valence-corrected chi connectivity index (χ1v) is 8.71. The number of amides is 1. The zero-order chi connectivity index (χ0) is 16.6. The second-order valence-corrected chi connectivity index (χ2v) is 6.89. The predicted octanol–water partition coefficient (Wildman–Crippen LogP) is 0.838. The molecule has 9 heteroatoms. The minimum absolute atomic E-state index is 0.0626. The molecule has 0 aromatic carbocycles. The van der Waals surface area contributed by atoms with Gasteiger partial charge in [-0.15, -0.1) is 5.10 Å². The minimum Gasteiger partial charge on any atom is -0.371 e. The van der Waals surface area contributed by atoms with Crippen LogP contribution in [0.1, 0.15) is 23.3 Å². The second kappa shape index (κ2) is 6.06. The number of likely N-dealkylation sites (N-methyl/N-ethyl adjacent to an activating group) is 1. The number of hydrogen-bond donors (Lipinski definition) is 0. The van der Waals surface area contributed by atoms with Crippen molar-refractivity contribution in [3.8, 4) is 0 Å². The number of likely N-dealkylation sites (tertiary alicyclic amines) is 1. The van der Waals surface area contributed by atoms with Crippen molar-refractivity contribution in [2.24, 2.45) is 0 Å². The molecule has 2 aromatic rings. The molecule has 2 atom stereocenters. The van der Waals surface area contributed by atoms with Crippen LogP contribution in [0.5, 0.6) is 0 Å². The van der Waals surface area contributed by atoms with Crippen molar-refractivity contribution in [2.75, 3.05) is 31.6 Å². The standard InChI is InChI=1S/C15H18N6O2S/c1-20(14-16-4-2-5-17-14)11-7-15(23-8-11)3-6-21(10-15)13(22)12-9-24-19-18-12/h2,4-5,9,11H,3,6-8,10H2,1H3/t11-,15+/m1/s1. The van der Waals surface area contributed by atoms with Crippen LogP contribution in [0.15, 0.2) is 23.8 Å². The SMILES string of the molecule is CN(c1ncccn1)[C@H]1CO[C@@]2(CCN(C(=O)c3csnn3)C2)C1. The molecule has 0 unspecified atom stereocenters. The van der Waals surface area contributed by atoms with Crippen molar-refractivity contribution in [1.82, 2.24) is 24.5 Å². The Morgan fingerprint density at radius 2 is 2.29 bits per heavy atom. The topological polar surface area (TPSA) is 84.3 Å². The lowest BCUT2D eigenvalue weighted by atomic mass is 9.97. The van der Waals surface area contributed by atoms with Gasteiger partial charge in [-0.2, -0.15) is 0 Å². The number of hydrogen-bond acceptors (Lipinski definition) is 8. The Bertz CT molecular complexity index is 712. The Morgan fingerprint density at radius 1 is 1.46 bits per heavy atom. The Morgan fingerprint density at radius 3 is 3.04 bits per heavy atom. The third-order valence-electron chi connectivity index (χ3n) is 4.79. The van der Waals surface area contributed by atoms with Gasteiger partial charge in [-0.1, -0.05) is 4.49 Å². The first-order valence-electron chi connectivity index (χ1n) is 7.87. The number of ether oxygens (including phenoxy) is 1. The smallest absolute Gasteiger partial charge is 0.275 e. The average molecular weight is 346 g/mol. The molecule has 126 valence electrons. The van der Waals surface area contributed by atoms with Crippen LogP contribution in [0.25, 0.3) is 0 Å². The third-order valence-corrected chi connectivity index (χ3v) is 5.29. The molecule has 0 N–H and O–H groups in total. The normalized spacial score (nSPS) is 26.2. The van der Waals surface area contributed by atoms with Crippen LogP contribution < -0.4 is 4.90 Å². The third kappa shape index (κ3) is 2.73. The van der Waals surface area contributed by atoms with E-state index in [0.29, 0.717) is 31.3 Å². The molecular weight excluding hydrogens is 328 g/mol. The summed E-state index contributed by atoms with van der Waals surface area (Å²) in [7, 11) is 1.99. The van der Waals surface area contributed by atoms with Gasteiger partial charge in [0.15, 0.2) is 5.69 Å². The van der Waals surface area contributed by atoms with Crippen molar-refractivity contribution in [3.05, 3.63) is 29.5 Å². The van der Waals surface area contributed by atoms with Gasteiger partial charge in [-0.05, 0) is 24.0 Å². The number of aromatic nitrogens is 4. The van der Waals surface area contributed by atoms with Crippen LogP contribution in [0.2, 0.25) is 0 Å². The van der Waals surface area contributed by atoms with Crippen LogP contribution in [-0.4, -0.2) is 68.7 Å². The quantitative estimate of drug-likeness (QED) is 0.814. The highest BCUT2D eigenvalue weighted by Gasteiger charge is 2.48. The molecule has 2 fully saturated rings. The zero-order valence-electron chi connectivity index (χ0n) is 13.3. The fraction of sp³-hybridized carbons (Fsp3) is 0.533. The molecular formula is C15H18N6O2S. The van der Waals surface area contributed by atoms with Crippen LogP contribution in [0, 0.1) is 0 Å². The summed E-state index contributed by atoms with van der Waals surface area (Å²) in [4.78, 5) is 24.9. The van der Waals surface area contributed by atoms with Gasteiger partial charge in [0.2, 0.25) is 5.95 Å². The molecule has 2 aliphatic heterocycles. The van der Waals surface area contributed by atoms with E-state index in [2.05, 4.69) is 24.5 Å². The van der Waals surface area contributed by atoms with Gasteiger partial charge < -0.3 is 14.5 Å². The summed E-state index contributed by atoms with van der Waals surface area (Å²) in [6.45, 7) is 1.91. The van der Waals surface area contributed by atoms with Gasteiger partial charge in [-0.25, -0.2) is 9.97 Å². The summed E-state index contributed by atoms with van der Waals surface area (Å²) < 4.78 is 9.89. The highest BCUT2D eigenvalue weighted by molar-refractivity contribution is 7.03. The van der Waals surface area contributed by atoms with Crippen molar-refractivity contribution < 1.29 is 9.53 Å². The predicted molar refractivity (Wildman–Crippen MR) is 88.0 cm³/mol. The molecule has 0 radical (unpaired) electrons. The molecule has 2 aliphatic rings. The van der Waals surface area contributed by atoms with E-state index >= 15 is 0 Å². The van der Waals surface area contributed by atoms with Gasteiger partial charge >= 0.3 is 0 Å². The van der Waals surface area contributed by atoms with E-state index in [0.717, 1.165) is 12.8 Å². The first-order chi connectivity index (χ1) is 11.7. The molecule has 2 aromatic heterocycles. The van der Waals surface area contributed by atoms with E-state index in [1.807, 2.05) is 11.9 Å². The summed E-state index contributed by atoms with van der Waals surface area (Å²) in [5.74, 6) is 0.634. The summed E-state index contributed by atoms with van der Waals surface area (Å²) in [5, 5.41) is 5.56. The van der Waals surface area contributed by atoms with E-state index in [4.69, 9.17) is 4.74 Å². The molecule has 24 heavy (non-hydrogen) atoms. The zero-order valence-corrected chi connectivity index (χ0v) is 14.1. The van der Waals surface area contributed by atoms with Crippen molar-refractivity contribution >= 4 is 23.4 Å². The van der Waals surface area contributed by atoms with E-state index in [-0.39, 0.29) is 17.6 Å². The lowest BCUT2D eigenvalue weighted by Gasteiger charge is -2.25. The number of carbonyl (C=O) groups is 1. The van der Waals surface area contributed by atoms with Gasteiger partial charge in [0.05, 0.1) is 24.8 Å². The lowest BCUT2D eigenvalue weighted by molar-refractivity contribution is 0.0122. The summed E-state index contributed by atoms with van der Waals surface area (Å²) in [6, 6.07) is 2.01. The van der Waals surface area contributed by atoms with Crippen LogP contribution in [-0.2, 0) is 4.74 Å². The second-order valence-electron chi connectivity index (χ2n) is 6.28. The van der Waals surface area contributed by atoms with Crippen molar-refractivity contribution in [3.63, 3.8) is 0 Å². The van der Waals surface area contributed by atoms with E-state index < -0.39 is 0 Å². The Hall–Kier alpha value is -2.13. The van der Waals surface area contributed by atoms with Gasteiger partial charge in [0, 0.05) is 37.8 Å². The van der Waals surface area contributed by atoms with Crippen molar-refractivity contribution in [2.45, 2.75) is 24.5 Å². The fourth-order valence-electron chi connectivity index (χ4n) is 3.43. The van der Waals surface area contributed by atoms with E-state index in [1.165, 1.54) is 11.5 Å². The molecule has 0 aliphatic carbocycles. The van der Waals surface area contributed by atoms with E-state index in [9.17, 15) is 4.79 Å². The van der Waals surface area contributed by atoms with Crippen LogP contribution in [0.4, 0.5) is 5.95 Å². The van der Waals surface area contributed by atoms with Crippen molar-refractivity contribution in [1.29, 1.82) is 0 Å². The fourth-order valence-corrected chi connectivity index (χ4v) is 3.86. The maximum Gasteiger partial charge on any atom is 0.275 e. The number of rotatable bonds is 3. The van der Waals surface area contributed by atoms with Gasteiger partial charge in [0.1, 0.15) is 0 Å². The lowest BCUT2D eigenvalue weighted by Crippen LogP contribution is -2.38. The number of nitrogens with zero attached hydrogens (tertiary/aromatic N) is 6. The minimum atomic E-state index is -0.271. The molecule has 4 heterocycles. The van der Waals surface area contributed by atoms with Crippen LogP contribution in [0.3, 0.4) is 0 Å². The summed E-state index contributed by atoms with van der Waals surface area (Å²) >= 11 is 1.19. The molecule has 2 saturated heterocycles. The first kappa shape index (κ1) is 15.4. The highest BCUT2D eigenvalue weighted by atomic mass is 32.1.